The van der Waals surface area contributed by atoms with Crippen LogP contribution >= 0.6 is 0 Å². The predicted octanol–water partition coefficient (Wildman–Crippen LogP) is 2.68. The van der Waals surface area contributed by atoms with Gasteiger partial charge in [-0.05, 0) is 24.6 Å². The zero-order valence-electron chi connectivity index (χ0n) is 12.5. The number of hydrogen-bond acceptors (Lipinski definition) is 2. The van der Waals surface area contributed by atoms with Crippen LogP contribution < -0.4 is 5.32 Å². The summed E-state index contributed by atoms with van der Waals surface area (Å²) in [4.78, 5) is 25.4. The Labute approximate surface area is 114 Å². The van der Waals surface area contributed by atoms with Crippen LogP contribution in [-0.2, 0) is 4.79 Å². The van der Waals surface area contributed by atoms with Crippen LogP contribution in [0.1, 0.15) is 36.7 Å². The SMILES string of the molecule is Cc1ccc(C(=O)N(C)C)cc1NC(=O)C(C)(C)C. The minimum absolute atomic E-state index is 0.0648. The molecule has 0 aromatic heterocycles. The number of carbonyl (C=O) groups is 2. The van der Waals surface area contributed by atoms with E-state index in [2.05, 4.69) is 5.32 Å². The molecule has 0 saturated heterocycles. The van der Waals surface area contributed by atoms with Crippen molar-refractivity contribution >= 4 is 17.5 Å². The molecule has 19 heavy (non-hydrogen) atoms. The van der Waals surface area contributed by atoms with E-state index in [9.17, 15) is 9.59 Å². The second-order valence-corrected chi connectivity index (χ2v) is 5.93. The second kappa shape index (κ2) is 5.43. The van der Waals surface area contributed by atoms with Crippen molar-refractivity contribution in [3.8, 4) is 0 Å². The number of aryl methyl sites for hydroxylation is 1. The van der Waals surface area contributed by atoms with Crippen molar-refractivity contribution in [2.45, 2.75) is 27.7 Å². The van der Waals surface area contributed by atoms with Crippen molar-refractivity contribution in [3.05, 3.63) is 29.3 Å². The molecule has 1 rings (SSSR count). The lowest BCUT2D eigenvalue weighted by atomic mass is 9.95. The summed E-state index contributed by atoms with van der Waals surface area (Å²) in [7, 11) is 3.41. The van der Waals surface area contributed by atoms with Crippen LogP contribution in [0.5, 0.6) is 0 Å². The fourth-order valence-corrected chi connectivity index (χ4v) is 1.46. The lowest BCUT2D eigenvalue weighted by Gasteiger charge is -2.19. The molecule has 0 fully saturated rings. The summed E-state index contributed by atoms with van der Waals surface area (Å²) in [6.45, 7) is 7.47. The van der Waals surface area contributed by atoms with Gasteiger partial charge in [0.2, 0.25) is 5.91 Å². The van der Waals surface area contributed by atoms with Gasteiger partial charge >= 0.3 is 0 Å². The van der Waals surface area contributed by atoms with Gasteiger partial charge in [-0.15, -0.1) is 0 Å². The van der Waals surface area contributed by atoms with E-state index in [4.69, 9.17) is 0 Å². The molecule has 0 saturated carbocycles. The summed E-state index contributed by atoms with van der Waals surface area (Å²) < 4.78 is 0. The Morgan fingerprint density at radius 3 is 2.21 bits per heavy atom. The average molecular weight is 262 g/mol. The zero-order valence-corrected chi connectivity index (χ0v) is 12.5. The smallest absolute Gasteiger partial charge is 0.253 e. The van der Waals surface area contributed by atoms with E-state index in [1.54, 1.807) is 26.2 Å². The third-order valence-corrected chi connectivity index (χ3v) is 2.82. The third-order valence-electron chi connectivity index (χ3n) is 2.82. The Hall–Kier alpha value is -1.84. The molecule has 0 aliphatic carbocycles. The molecule has 1 N–H and O–H groups in total. The standard InChI is InChI=1S/C15H22N2O2/c1-10-7-8-11(13(18)17(5)6)9-12(10)16-14(19)15(2,3)4/h7-9H,1-6H3,(H,16,19). The minimum atomic E-state index is -0.464. The fourth-order valence-electron chi connectivity index (χ4n) is 1.46. The highest BCUT2D eigenvalue weighted by Crippen LogP contribution is 2.21. The van der Waals surface area contributed by atoms with Gasteiger partial charge in [0.15, 0.2) is 0 Å². The number of benzene rings is 1. The Kier molecular flexibility index (Phi) is 4.35. The summed E-state index contributed by atoms with van der Waals surface area (Å²) in [6.07, 6.45) is 0. The molecule has 1 aromatic carbocycles. The van der Waals surface area contributed by atoms with Crippen molar-refractivity contribution in [1.29, 1.82) is 0 Å². The topological polar surface area (TPSA) is 49.4 Å². The highest BCUT2D eigenvalue weighted by Gasteiger charge is 2.22. The molecule has 2 amide bonds. The van der Waals surface area contributed by atoms with E-state index >= 15 is 0 Å². The Morgan fingerprint density at radius 1 is 1.16 bits per heavy atom. The van der Waals surface area contributed by atoms with Crippen molar-refractivity contribution in [1.82, 2.24) is 4.90 Å². The quantitative estimate of drug-likeness (QED) is 0.890. The summed E-state index contributed by atoms with van der Waals surface area (Å²) in [5, 5.41) is 2.87. The second-order valence-electron chi connectivity index (χ2n) is 5.93. The van der Waals surface area contributed by atoms with Crippen LogP contribution in [0, 0.1) is 12.3 Å². The maximum atomic E-state index is 12.0. The predicted molar refractivity (Wildman–Crippen MR) is 77.3 cm³/mol. The van der Waals surface area contributed by atoms with Crippen LogP contribution in [-0.4, -0.2) is 30.8 Å². The minimum Gasteiger partial charge on any atom is -0.345 e. The number of anilines is 1. The van der Waals surface area contributed by atoms with E-state index in [1.807, 2.05) is 33.8 Å². The van der Waals surface area contributed by atoms with Gasteiger partial charge in [0, 0.05) is 30.8 Å². The molecule has 1 aromatic rings. The first-order valence-corrected chi connectivity index (χ1v) is 6.26. The van der Waals surface area contributed by atoms with Gasteiger partial charge in [-0.2, -0.15) is 0 Å². The lowest BCUT2D eigenvalue weighted by molar-refractivity contribution is -0.123. The van der Waals surface area contributed by atoms with Gasteiger partial charge < -0.3 is 10.2 Å². The van der Waals surface area contributed by atoms with E-state index in [1.165, 1.54) is 4.90 Å². The maximum Gasteiger partial charge on any atom is 0.253 e. The Morgan fingerprint density at radius 2 is 1.74 bits per heavy atom. The van der Waals surface area contributed by atoms with Gasteiger partial charge in [0.05, 0.1) is 0 Å². The summed E-state index contributed by atoms with van der Waals surface area (Å²) in [5.74, 6) is -0.142. The average Bonchev–Trinajstić information content (AvgIpc) is 2.29. The zero-order chi connectivity index (χ0) is 14.8. The van der Waals surface area contributed by atoms with Crippen LogP contribution in [0.4, 0.5) is 5.69 Å². The number of nitrogens with zero attached hydrogens (tertiary/aromatic N) is 1. The Bertz CT molecular complexity index is 499. The number of nitrogens with one attached hydrogen (secondary N) is 1. The van der Waals surface area contributed by atoms with Crippen LogP contribution in [0.3, 0.4) is 0 Å². The van der Waals surface area contributed by atoms with Crippen molar-refractivity contribution in [3.63, 3.8) is 0 Å². The highest BCUT2D eigenvalue weighted by atomic mass is 16.2. The van der Waals surface area contributed by atoms with Crippen molar-refractivity contribution < 1.29 is 9.59 Å². The molecular formula is C15H22N2O2. The van der Waals surface area contributed by atoms with Crippen molar-refractivity contribution in [2.75, 3.05) is 19.4 Å². The normalized spacial score (nSPS) is 11.1. The molecule has 0 atom stereocenters. The number of amides is 2. The lowest BCUT2D eigenvalue weighted by Crippen LogP contribution is -2.28. The number of carbonyl (C=O) groups excluding carboxylic acids is 2. The maximum absolute atomic E-state index is 12.0. The van der Waals surface area contributed by atoms with Crippen LogP contribution in [0.15, 0.2) is 18.2 Å². The van der Waals surface area contributed by atoms with E-state index in [0.29, 0.717) is 11.3 Å². The summed E-state index contributed by atoms with van der Waals surface area (Å²) >= 11 is 0. The molecule has 0 heterocycles. The van der Waals surface area contributed by atoms with E-state index in [-0.39, 0.29) is 11.8 Å². The molecule has 4 nitrogen and oxygen atoms in total. The van der Waals surface area contributed by atoms with Gasteiger partial charge in [-0.3, -0.25) is 9.59 Å². The van der Waals surface area contributed by atoms with Crippen LogP contribution in [0.25, 0.3) is 0 Å². The van der Waals surface area contributed by atoms with Gasteiger partial charge in [-0.25, -0.2) is 0 Å². The Balaban J connectivity index is 3.05. The number of rotatable bonds is 2. The molecule has 0 radical (unpaired) electrons. The molecule has 0 aliphatic heterocycles. The first kappa shape index (κ1) is 15.2. The molecule has 104 valence electrons. The first-order valence-electron chi connectivity index (χ1n) is 6.26. The van der Waals surface area contributed by atoms with Gasteiger partial charge in [-0.1, -0.05) is 26.8 Å². The monoisotopic (exact) mass is 262 g/mol. The molecule has 4 heteroatoms. The largest absolute Gasteiger partial charge is 0.345 e. The van der Waals surface area contributed by atoms with E-state index in [0.717, 1.165) is 5.56 Å². The van der Waals surface area contributed by atoms with Crippen LogP contribution in [0.2, 0.25) is 0 Å². The third kappa shape index (κ3) is 3.81. The van der Waals surface area contributed by atoms with Crippen molar-refractivity contribution in [2.24, 2.45) is 5.41 Å². The molecule has 0 spiro atoms. The summed E-state index contributed by atoms with van der Waals surface area (Å²) in [5.41, 5.74) is 1.73. The highest BCUT2D eigenvalue weighted by molar-refractivity contribution is 5.98. The summed E-state index contributed by atoms with van der Waals surface area (Å²) in [6, 6.07) is 5.33. The molecule has 0 bridgehead atoms. The molecular weight excluding hydrogens is 240 g/mol. The van der Waals surface area contributed by atoms with Gasteiger partial charge in [0.1, 0.15) is 0 Å². The number of hydrogen-bond donors (Lipinski definition) is 1. The van der Waals surface area contributed by atoms with Gasteiger partial charge in [0.25, 0.3) is 5.91 Å². The molecule has 0 aliphatic rings. The molecule has 0 unspecified atom stereocenters. The fraction of sp³-hybridized carbons (Fsp3) is 0.467. The van der Waals surface area contributed by atoms with E-state index < -0.39 is 5.41 Å². The first-order chi connectivity index (χ1) is 8.62.